The first-order chi connectivity index (χ1) is 14.4. The second-order valence-electron chi connectivity index (χ2n) is 8.16. The molecule has 3 amide bonds. The Kier molecular flexibility index (Phi) is 5.50. The van der Waals surface area contributed by atoms with Gasteiger partial charge in [0.15, 0.2) is 0 Å². The summed E-state index contributed by atoms with van der Waals surface area (Å²) in [4.78, 5) is 41.0. The zero-order valence-corrected chi connectivity index (χ0v) is 17.7. The van der Waals surface area contributed by atoms with Gasteiger partial charge in [-0.05, 0) is 43.5 Å². The van der Waals surface area contributed by atoms with Gasteiger partial charge >= 0.3 is 0 Å². The number of rotatable bonds is 6. The summed E-state index contributed by atoms with van der Waals surface area (Å²) in [5.74, 6) is -2.32. The molecule has 1 aromatic rings. The van der Waals surface area contributed by atoms with E-state index in [1.807, 2.05) is 6.92 Å². The molecule has 0 radical (unpaired) electrons. The summed E-state index contributed by atoms with van der Waals surface area (Å²) in [6.45, 7) is 1.58. The van der Waals surface area contributed by atoms with E-state index in [1.165, 1.54) is 11.9 Å². The Morgan fingerprint density at radius 2 is 2.03 bits per heavy atom. The maximum absolute atomic E-state index is 13.5. The van der Waals surface area contributed by atoms with Crippen LogP contribution < -0.4 is 10.6 Å². The zero-order valence-electron chi connectivity index (χ0n) is 16.9. The van der Waals surface area contributed by atoms with Crippen LogP contribution in [0.15, 0.2) is 24.3 Å². The summed E-state index contributed by atoms with van der Waals surface area (Å²) < 4.78 is 6.26. The maximum atomic E-state index is 13.5. The molecule has 3 heterocycles. The Morgan fingerprint density at radius 1 is 1.33 bits per heavy atom. The third-order valence-corrected chi connectivity index (χ3v) is 6.97. The lowest BCUT2D eigenvalue weighted by Crippen LogP contribution is -2.56. The van der Waals surface area contributed by atoms with E-state index in [4.69, 9.17) is 16.3 Å². The Balaban J connectivity index is 1.73. The van der Waals surface area contributed by atoms with Gasteiger partial charge in [0.05, 0.1) is 30.6 Å². The molecule has 30 heavy (non-hydrogen) atoms. The van der Waals surface area contributed by atoms with Crippen molar-refractivity contribution in [3.8, 4) is 0 Å². The molecule has 0 saturated carbocycles. The first-order valence-corrected chi connectivity index (χ1v) is 10.6. The number of hydrogen-bond acceptors (Lipinski definition) is 5. The second-order valence-corrected chi connectivity index (χ2v) is 8.59. The van der Waals surface area contributed by atoms with Crippen molar-refractivity contribution in [2.24, 2.45) is 11.8 Å². The van der Waals surface area contributed by atoms with E-state index >= 15 is 0 Å². The minimum atomic E-state index is -1.07. The largest absolute Gasteiger partial charge is 0.394 e. The summed E-state index contributed by atoms with van der Waals surface area (Å²) in [5, 5.41) is 15.9. The van der Waals surface area contributed by atoms with Crippen molar-refractivity contribution < 1.29 is 24.2 Å². The average molecular weight is 436 g/mol. The van der Waals surface area contributed by atoms with Gasteiger partial charge in [0, 0.05) is 17.8 Å². The highest BCUT2D eigenvalue weighted by Gasteiger charge is 2.74. The van der Waals surface area contributed by atoms with Crippen LogP contribution in [0.1, 0.15) is 26.2 Å². The molecule has 3 aliphatic heterocycles. The van der Waals surface area contributed by atoms with Gasteiger partial charge in [-0.1, -0.05) is 18.5 Å². The quantitative estimate of drug-likeness (QED) is 0.621. The first-order valence-electron chi connectivity index (χ1n) is 10.3. The number of amides is 3. The van der Waals surface area contributed by atoms with E-state index < -0.39 is 35.4 Å². The predicted molar refractivity (Wildman–Crippen MR) is 110 cm³/mol. The Morgan fingerprint density at radius 3 is 2.63 bits per heavy atom. The number of halogens is 1. The highest BCUT2D eigenvalue weighted by Crippen LogP contribution is 2.58. The van der Waals surface area contributed by atoms with E-state index in [-0.39, 0.29) is 24.5 Å². The molecule has 4 rings (SSSR count). The molecule has 2 unspecified atom stereocenters. The molecule has 0 aromatic heterocycles. The molecule has 3 N–H and O–H groups in total. The molecule has 162 valence electrons. The minimum Gasteiger partial charge on any atom is -0.394 e. The summed E-state index contributed by atoms with van der Waals surface area (Å²) in [6, 6.07) is 5.23. The number of nitrogens with one attached hydrogen (secondary N) is 2. The number of nitrogens with zero attached hydrogens (tertiary/aromatic N) is 1. The van der Waals surface area contributed by atoms with Gasteiger partial charge in [0.1, 0.15) is 11.6 Å². The first kappa shape index (κ1) is 21.1. The molecule has 6 atom stereocenters. The number of carbonyl (C=O) groups is 3. The van der Waals surface area contributed by atoms with E-state index in [0.29, 0.717) is 30.0 Å². The number of carbonyl (C=O) groups excluding carboxylic acids is 3. The smallest absolute Gasteiger partial charge is 0.250 e. The van der Waals surface area contributed by atoms with Gasteiger partial charge in [-0.15, -0.1) is 0 Å². The van der Waals surface area contributed by atoms with Gasteiger partial charge in [0.25, 0.3) is 0 Å². The van der Waals surface area contributed by atoms with Gasteiger partial charge in [-0.3, -0.25) is 14.4 Å². The van der Waals surface area contributed by atoms with Gasteiger partial charge < -0.3 is 25.4 Å². The Hall–Kier alpha value is -2.16. The summed E-state index contributed by atoms with van der Waals surface area (Å²) in [7, 11) is 1.53. The molecular weight excluding hydrogens is 410 g/mol. The lowest BCUT2D eigenvalue weighted by Gasteiger charge is -2.36. The number of likely N-dealkylation sites (tertiary alicyclic amines) is 1. The van der Waals surface area contributed by atoms with Crippen LogP contribution in [0.25, 0.3) is 0 Å². The molecule has 9 heteroatoms. The molecule has 0 aliphatic carbocycles. The van der Waals surface area contributed by atoms with Crippen molar-refractivity contribution >= 4 is 35.0 Å². The number of ether oxygens (including phenoxy) is 1. The number of hydrogen-bond donors (Lipinski definition) is 3. The number of aliphatic hydroxyl groups is 1. The van der Waals surface area contributed by atoms with Crippen LogP contribution in [0.2, 0.25) is 5.02 Å². The molecular formula is C21H26ClN3O5. The van der Waals surface area contributed by atoms with Crippen LogP contribution in [-0.4, -0.2) is 65.2 Å². The molecule has 1 aromatic carbocycles. The Labute approximate surface area is 179 Å². The van der Waals surface area contributed by atoms with E-state index in [0.717, 1.165) is 0 Å². The van der Waals surface area contributed by atoms with Crippen molar-refractivity contribution in [2.75, 3.05) is 19.0 Å². The second kappa shape index (κ2) is 7.83. The Bertz CT molecular complexity index is 859. The van der Waals surface area contributed by atoms with Crippen molar-refractivity contribution in [1.82, 2.24) is 10.2 Å². The minimum absolute atomic E-state index is 0.254. The van der Waals surface area contributed by atoms with Crippen molar-refractivity contribution in [3.05, 3.63) is 29.3 Å². The maximum Gasteiger partial charge on any atom is 0.250 e. The standard InChI is InChI=1S/C21H26ClN3O5/c1-3-13(10-26)25-17(19(28)24-12-6-4-11(22)5-7-12)21-9-8-14(30-21)15(18(27)23-2)16(21)20(25)29/h4-7,13-17,26H,3,8-10H2,1-2H3,(H,23,27)(H,24,28)/t13-,14+,15-,16-,17?,21?/m0/s1. The van der Waals surface area contributed by atoms with Gasteiger partial charge in [-0.2, -0.15) is 0 Å². The van der Waals surface area contributed by atoms with Gasteiger partial charge in [0.2, 0.25) is 17.7 Å². The third kappa shape index (κ3) is 3.01. The summed E-state index contributed by atoms with van der Waals surface area (Å²) in [6.07, 6.45) is 1.21. The SMILES string of the molecule is CC[C@@H](CO)N1C(=O)[C@@H]2[C@@H](C(=O)NC)[C@H]3CCC2(O3)C1C(=O)Nc1ccc(Cl)cc1. The highest BCUT2D eigenvalue weighted by atomic mass is 35.5. The zero-order chi connectivity index (χ0) is 21.6. The average Bonchev–Trinajstić information content (AvgIpc) is 3.38. The number of fused-ring (bicyclic) bond motifs is 1. The number of aliphatic hydroxyl groups excluding tert-OH is 1. The fraction of sp³-hybridized carbons (Fsp3) is 0.571. The molecule has 1 spiro atoms. The molecule has 3 fully saturated rings. The molecule has 3 saturated heterocycles. The predicted octanol–water partition coefficient (Wildman–Crippen LogP) is 1.17. The summed E-state index contributed by atoms with van der Waals surface area (Å²) >= 11 is 5.93. The van der Waals surface area contributed by atoms with Crippen LogP contribution in [0.4, 0.5) is 5.69 Å². The normalized spacial score (nSPS) is 32.8. The monoisotopic (exact) mass is 435 g/mol. The fourth-order valence-corrected chi connectivity index (χ4v) is 5.53. The molecule has 8 nitrogen and oxygen atoms in total. The third-order valence-electron chi connectivity index (χ3n) is 6.72. The van der Waals surface area contributed by atoms with Crippen LogP contribution in [0.5, 0.6) is 0 Å². The topological polar surface area (TPSA) is 108 Å². The van der Waals surface area contributed by atoms with Crippen LogP contribution in [-0.2, 0) is 19.1 Å². The van der Waals surface area contributed by atoms with Crippen LogP contribution >= 0.6 is 11.6 Å². The molecule has 2 bridgehead atoms. The highest BCUT2D eigenvalue weighted by molar-refractivity contribution is 6.30. The van der Waals surface area contributed by atoms with Crippen LogP contribution in [0, 0.1) is 11.8 Å². The fourth-order valence-electron chi connectivity index (χ4n) is 5.41. The summed E-state index contributed by atoms with van der Waals surface area (Å²) in [5.41, 5.74) is -0.526. The lowest BCUT2D eigenvalue weighted by molar-refractivity contribution is -0.144. The van der Waals surface area contributed by atoms with Crippen molar-refractivity contribution in [2.45, 2.75) is 50.0 Å². The van der Waals surface area contributed by atoms with Crippen molar-refractivity contribution in [3.63, 3.8) is 0 Å². The van der Waals surface area contributed by atoms with E-state index in [2.05, 4.69) is 10.6 Å². The van der Waals surface area contributed by atoms with E-state index in [1.54, 1.807) is 24.3 Å². The van der Waals surface area contributed by atoms with Gasteiger partial charge in [-0.25, -0.2) is 0 Å². The van der Waals surface area contributed by atoms with Crippen LogP contribution in [0.3, 0.4) is 0 Å². The van der Waals surface area contributed by atoms with Crippen molar-refractivity contribution in [1.29, 1.82) is 0 Å². The number of benzene rings is 1. The lowest BCUT2D eigenvalue weighted by atomic mass is 9.70. The molecule has 3 aliphatic rings. The number of anilines is 1. The van der Waals surface area contributed by atoms with E-state index in [9.17, 15) is 19.5 Å².